The summed E-state index contributed by atoms with van der Waals surface area (Å²) in [5.41, 5.74) is 6.67. The van der Waals surface area contributed by atoms with E-state index in [0.29, 0.717) is 31.5 Å². The number of nitrogens with zero attached hydrogens (tertiary/aromatic N) is 2. The Bertz CT molecular complexity index is 2010. The van der Waals surface area contributed by atoms with Crippen molar-refractivity contribution in [2.24, 2.45) is 9.98 Å². The first kappa shape index (κ1) is 32.1. The van der Waals surface area contributed by atoms with Crippen molar-refractivity contribution in [1.29, 1.82) is 0 Å². The smallest absolute Gasteiger partial charge is 0.264 e. The van der Waals surface area contributed by atoms with Crippen LogP contribution in [0.4, 0.5) is 11.4 Å². The largest absolute Gasteiger partial charge is 0.300 e. The minimum Gasteiger partial charge on any atom is -0.300 e. The lowest BCUT2D eigenvalue weighted by Crippen LogP contribution is -2.20. The van der Waals surface area contributed by atoms with Crippen LogP contribution in [0.15, 0.2) is 162 Å². The number of amides is 2. The molecule has 234 valence electrons. The van der Waals surface area contributed by atoms with Crippen molar-refractivity contribution in [3.63, 3.8) is 0 Å². The van der Waals surface area contributed by atoms with E-state index >= 15 is 0 Å². The number of rotatable bonds is 6. The molecule has 0 saturated carbocycles. The molecule has 7 rings (SSSR count). The molecule has 10 heteroatoms. The van der Waals surface area contributed by atoms with Crippen LogP contribution in [-0.2, 0) is 9.59 Å². The van der Waals surface area contributed by atoms with Crippen LogP contribution in [0.25, 0.3) is 11.1 Å². The summed E-state index contributed by atoms with van der Waals surface area (Å²) < 4.78 is 1.92. The van der Waals surface area contributed by atoms with Gasteiger partial charge in [0.1, 0.15) is 0 Å². The first-order valence-electron chi connectivity index (χ1n) is 14.8. The molecule has 0 aliphatic carbocycles. The van der Waals surface area contributed by atoms with Gasteiger partial charge in [0.15, 0.2) is 10.3 Å². The van der Waals surface area contributed by atoms with Gasteiger partial charge in [0.2, 0.25) is 0 Å². The molecule has 48 heavy (non-hydrogen) atoms. The lowest BCUT2D eigenvalue weighted by Gasteiger charge is -2.11. The van der Waals surface area contributed by atoms with Gasteiger partial charge in [-0.1, -0.05) is 123 Å². The number of hydrogen-bond acceptors (Lipinski definition) is 6. The molecule has 0 bridgehead atoms. The summed E-state index contributed by atoms with van der Waals surface area (Å²) in [6.45, 7) is 0. The predicted octanol–water partition coefficient (Wildman–Crippen LogP) is 9.83. The molecule has 0 aromatic heterocycles. The second-order valence-electron chi connectivity index (χ2n) is 10.6. The zero-order chi connectivity index (χ0) is 33.0. The molecule has 2 heterocycles. The molecule has 5 aromatic carbocycles. The maximum atomic E-state index is 13.3. The number of aliphatic imine (C=N–C) groups is 2. The molecule has 2 aliphatic heterocycles. The SMILES string of the molecule is O=C1NC(=Nc2cccc(N=C3NC(=O)/C(=C(/c4ccccc4)c4ccc(Br)cc4)S3)c2)S/C1=C(/c1ccccc1)c1ccc(Br)cc1. The van der Waals surface area contributed by atoms with E-state index in [4.69, 9.17) is 9.98 Å². The molecule has 2 amide bonds. The standard InChI is InChI=1S/C38H24Br2N4O2S2/c39-27-18-14-25(15-19-27)31(23-8-3-1-4-9-23)33-35(45)43-37(47-33)41-29-12-7-13-30(22-29)42-38-44-36(46)34(48-38)32(24-10-5-2-6-11-24)26-16-20-28(40)21-17-26/h1-22H,(H,41,43,45)(H,42,44,46)/b33-31-,34-32+. The van der Waals surface area contributed by atoms with Crippen LogP contribution < -0.4 is 10.6 Å². The Morgan fingerprint density at radius 2 is 0.854 bits per heavy atom. The van der Waals surface area contributed by atoms with Crippen molar-refractivity contribution in [2.75, 3.05) is 0 Å². The van der Waals surface area contributed by atoms with E-state index in [-0.39, 0.29) is 11.8 Å². The highest BCUT2D eigenvalue weighted by atomic mass is 79.9. The van der Waals surface area contributed by atoms with Gasteiger partial charge in [0.25, 0.3) is 11.8 Å². The van der Waals surface area contributed by atoms with Crippen LogP contribution in [0.5, 0.6) is 0 Å². The summed E-state index contributed by atoms with van der Waals surface area (Å²) in [6.07, 6.45) is 0. The summed E-state index contributed by atoms with van der Waals surface area (Å²) in [6, 6.07) is 42.9. The average Bonchev–Trinajstić information content (AvgIpc) is 3.64. The topological polar surface area (TPSA) is 82.9 Å². The van der Waals surface area contributed by atoms with Gasteiger partial charge in [0, 0.05) is 20.1 Å². The van der Waals surface area contributed by atoms with Gasteiger partial charge in [-0.3, -0.25) is 9.59 Å². The van der Waals surface area contributed by atoms with Gasteiger partial charge >= 0.3 is 0 Å². The van der Waals surface area contributed by atoms with Crippen LogP contribution in [0.1, 0.15) is 22.3 Å². The van der Waals surface area contributed by atoms with Crippen LogP contribution in [-0.4, -0.2) is 22.1 Å². The van der Waals surface area contributed by atoms with Crippen molar-refractivity contribution in [1.82, 2.24) is 10.6 Å². The molecule has 2 aliphatic rings. The molecule has 2 fully saturated rings. The Labute approximate surface area is 302 Å². The number of thioether (sulfide) groups is 2. The Balaban J connectivity index is 1.18. The van der Waals surface area contributed by atoms with E-state index in [1.165, 1.54) is 23.5 Å². The van der Waals surface area contributed by atoms with Gasteiger partial charge in [-0.2, -0.15) is 0 Å². The number of carbonyl (C=O) groups excluding carboxylic acids is 2. The minimum atomic E-state index is -0.207. The van der Waals surface area contributed by atoms with Gasteiger partial charge < -0.3 is 10.6 Å². The normalized spacial score (nSPS) is 18.2. The Hall–Kier alpha value is -4.48. The highest BCUT2D eigenvalue weighted by molar-refractivity contribution is 9.10. The zero-order valence-electron chi connectivity index (χ0n) is 25.0. The maximum absolute atomic E-state index is 13.3. The first-order valence-corrected chi connectivity index (χ1v) is 18.0. The number of benzene rings is 5. The van der Waals surface area contributed by atoms with Crippen LogP contribution in [0.3, 0.4) is 0 Å². The van der Waals surface area contributed by atoms with E-state index in [0.717, 1.165) is 42.3 Å². The number of halogens is 2. The summed E-state index contributed by atoms with van der Waals surface area (Å²) in [7, 11) is 0. The van der Waals surface area contributed by atoms with Crippen molar-refractivity contribution in [2.45, 2.75) is 0 Å². The van der Waals surface area contributed by atoms with Gasteiger partial charge in [-0.05, 0) is 88.2 Å². The predicted molar refractivity (Wildman–Crippen MR) is 205 cm³/mol. The molecule has 0 radical (unpaired) electrons. The average molecular weight is 793 g/mol. The summed E-state index contributed by atoms with van der Waals surface area (Å²) >= 11 is 9.62. The third-order valence-corrected chi connectivity index (χ3v) is 10.4. The fraction of sp³-hybridized carbons (Fsp3) is 0. The number of nitrogens with one attached hydrogen (secondary N) is 2. The Morgan fingerprint density at radius 3 is 1.25 bits per heavy atom. The van der Waals surface area contributed by atoms with E-state index < -0.39 is 0 Å². The fourth-order valence-corrected chi connectivity index (χ4v) is 7.71. The van der Waals surface area contributed by atoms with Crippen LogP contribution in [0.2, 0.25) is 0 Å². The quantitative estimate of drug-likeness (QED) is 0.168. The van der Waals surface area contributed by atoms with Crippen LogP contribution >= 0.6 is 55.4 Å². The van der Waals surface area contributed by atoms with Crippen molar-refractivity contribution < 1.29 is 9.59 Å². The second kappa shape index (κ2) is 14.3. The summed E-state index contributed by atoms with van der Waals surface area (Å²) in [5.74, 6) is -0.414. The number of hydrogen-bond donors (Lipinski definition) is 2. The molecule has 0 spiro atoms. The minimum absolute atomic E-state index is 0.207. The van der Waals surface area contributed by atoms with Gasteiger partial charge in [-0.15, -0.1) is 0 Å². The van der Waals surface area contributed by atoms with Crippen LogP contribution in [0, 0.1) is 0 Å². The summed E-state index contributed by atoms with van der Waals surface area (Å²) in [5, 5.41) is 6.82. The maximum Gasteiger partial charge on any atom is 0.264 e. The summed E-state index contributed by atoms with van der Waals surface area (Å²) in [4.78, 5) is 37.3. The molecule has 5 aromatic rings. The molecule has 2 N–H and O–H groups in total. The zero-order valence-corrected chi connectivity index (χ0v) is 29.8. The highest BCUT2D eigenvalue weighted by Crippen LogP contribution is 2.39. The third kappa shape index (κ3) is 7.17. The van der Waals surface area contributed by atoms with E-state index in [1.807, 2.05) is 133 Å². The fourth-order valence-electron chi connectivity index (χ4n) is 5.24. The Morgan fingerprint density at radius 1 is 0.479 bits per heavy atom. The third-order valence-electron chi connectivity index (χ3n) is 7.39. The van der Waals surface area contributed by atoms with E-state index in [9.17, 15) is 9.59 Å². The monoisotopic (exact) mass is 790 g/mol. The lowest BCUT2D eigenvalue weighted by atomic mass is 9.97. The first-order chi connectivity index (χ1) is 23.4. The van der Waals surface area contributed by atoms with E-state index in [2.05, 4.69) is 42.5 Å². The Kier molecular flexibility index (Phi) is 9.58. The number of carbonyl (C=O) groups is 2. The highest BCUT2D eigenvalue weighted by Gasteiger charge is 2.30. The molecule has 0 atom stereocenters. The lowest BCUT2D eigenvalue weighted by molar-refractivity contribution is -0.116. The van der Waals surface area contributed by atoms with Gasteiger partial charge in [0.05, 0.1) is 21.2 Å². The molecule has 2 saturated heterocycles. The number of amidine groups is 2. The molecule has 0 unspecified atom stereocenters. The van der Waals surface area contributed by atoms with Crippen molar-refractivity contribution in [3.05, 3.63) is 174 Å². The molecule has 6 nitrogen and oxygen atoms in total. The molecular formula is C38H24Br2N4O2S2. The van der Waals surface area contributed by atoms with E-state index in [1.54, 1.807) is 0 Å². The second-order valence-corrected chi connectivity index (χ2v) is 14.4. The van der Waals surface area contributed by atoms with Crippen molar-refractivity contribution >= 4 is 100 Å². The van der Waals surface area contributed by atoms with Crippen molar-refractivity contribution in [3.8, 4) is 0 Å². The molecular weight excluding hydrogens is 768 g/mol. The van der Waals surface area contributed by atoms with Gasteiger partial charge in [-0.25, -0.2) is 9.98 Å².